The van der Waals surface area contributed by atoms with Gasteiger partial charge in [-0.05, 0) is 56.3 Å². The average molecular weight is 493 g/mol. The fraction of sp³-hybridized carbons (Fsp3) is 0.292. The summed E-state index contributed by atoms with van der Waals surface area (Å²) in [6.07, 6.45) is -0.444. The van der Waals surface area contributed by atoms with E-state index in [-0.39, 0.29) is 0 Å². The van der Waals surface area contributed by atoms with E-state index in [1.54, 1.807) is 13.0 Å². The third-order valence-electron chi connectivity index (χ3n) is 4.84. The number of hydrogen-bond acceptors (Lipinski definition) is 7. The molecule has 34 heavy (non-hydrogen) atoms. The van der Waals surface area contributed by atoms with E-state index in [0.717, 1.165) is 41.0 Å². The number of halogens is 3. The van der Waals surface area contributed by atoms with Gasteiger partial charge in [0.15, 0.2) is 0 Å². The summed E-state index contributed by atoms with van der Waals surface area (Å²) >= 11 is 1.52. The van der Waals surface area contributed by atoms with Crippen LogP contribution in [-0.4, -0.2) is 44.7 Å². The maximum absolute atomic E-state index is 12.4. The third-order valence-corrected chi connectivity index (χ3v) is 5.55. The third kappa shape index (κ3) is 7.82. The van der Waals surface area contributed by atoms with Crippen LogP contribution in [0.25, 0.3) is 11.3 Å². The van der Waals surface area contributed by atoms with Crippen LogP contribution in [0.1, 0.15) is 6.92 Å². The van der Waals surface area contributed by atoms with Gasteiger partial charge in [0.1, 0.15) is 11.6 Å². The molecule has 0 bridgehead atoms. The summed E-state index contributed by atoms with van der Waals surface area (Å²) in [6.45, 7) is 7.84. The van der Waals surface area contributed by atoms with Crippen LogP contribution in [0.15, 0.2) is 77.6 Å². The maximum Gasteiger partial charge on any atom is 0.573 e. The smallest absolute Gasteiger partial charge is 0.406 e. The minimum atomic E-state index is -4.78. The number of morpholine rings is 1. The number of nitrogens with one attached hydrogen (secondary N) is 2. The van der Waals surface area contributed by atoms with E-state index in [9.17, 15) is 13.2 Å². The fourth-order valence-corrected chi connectivity index (χ4v) is 3.77. The summed E-state index contributed by atoms with van der Waals surface area (Å²) in [6, 6.07) is 12.0. The molecule has 1 aromatic heterocycles. The maximum atomic E-state index is 12.4. The molecule has 0 spiro atoms. The Bertz CT molecular complexity index is 1030. The van der Waals surface area contributed by atoms with Crippen molar-refractivity contribution in [1.82, 2.24) is 9.71 Å². The number of ether oxygens (including phenoxy) is 2. The second kappa shape index (κ2) is 12.0. The van der Waals surface area contributed by atoms with Crippen LogP contribution < -0.4 is 14.9 Å². The predicted octanol–water partition coefficient (Wildman–Crippen LogP) is 5.73. The second-order valence-corrected chi connectivity index (χ2v) is 8.33. The molecule has 0 unspecified atom stereocenters. The van der Waals surface area contributed by atoms with Crippen molar-refractivity contribution in [3.63, 3.8) is 0 Å². The highest BCUT2D eigenvalue weighted by molar-refractivity contribution is 7.97. The van der Waals surface area contributed by atoms with Gasteiger partial charge in [0, 0.05) is 41.0 Å². The zero-order valence-corrected chi connectivity index (χ0v) is 19.8. The van der Waals surface area contributed by atoms with Crippen molar-refractivity contribution < 1.29 is 22.6 Å². The molecule has 1 fully saturated rings. The number of benzene rings is 1. The van der Waals surface area contributed by atoms with E-state index in [1.807, 2.05) is 43.4 Å². The number of aromatic nitrogens is 1. The number of anilines is 2. The first-order valence-corrected chi connectivity index (χ1v) is 11.4. The molecular formula is C24H27F3N4O2S. The van der Waals surface area contributed by atoms with Crippen molar-refractivity contribution in [3.8, 4) is 11.3 Å². The van der Waals surface area contributed by atoms with E-state index in [4.69, 9.17) is 9.72 Å². The molecule has 2 aromatic rings. The molecule has 1 aliphatic rings. The van der Waals surface area contributed by atoms with Gasteiger partial charge in [0.05, 0.1) is 18.9 Å². The number of hydrogen-bond donors (Lipinski definition) is 2. The summed E-state index contributed by atoms with van der Waals surface area (Å²) in [4.78, 5) is 8.05. The molecule has 1 aliphatic heterocycles. The Morgan fingerprint density at radius 1 is 1.18 bits per heavy atom. The van der Waals surface area contributed by atoms with Crippen LogP contribution in [0.2, 0.25) is 0 Å². The Kier molecular flexibility index (Phi) is 9.03. The first kappa shape index (κ1) is 25.7. The lowest BCUT2D eigenvalue weighted by molar-refractivity contribution is -0.303. The Hall–Kier alpha value is -2.95. The molecule has 182 valence electrons. The van der Waals surface area contributed by atoms with Gasteiger partial charge >= 0.3 is 6.36 Å². The lowest BCUT2D eigenvalue weighted by Gasteiger charge is -2.29. The minimum absolute atomic E-state index is 0.510. The normalized spacial score (nSPS) is 15.0. The first-order valence-electron chi connectivity index (χ1n) is 10.6. The van der Waals surface area contributed by atoms with Gasteiger partial charge in [-0.3, -0.25) is 4.72 Å². The van der Waals surface area contributed by atoms with E-state index >= 15 is 0 Å². The van der Waals surface area contributed by atoms with Crippen molar-refractivity contribution in [2.24, 2.45) is 0 Å². The number of nitrogens with zero attached hydrogens (tertiary/aromatic N) is 2. The van der Waals surface area contributed by atoms with Crippen molar-refractivity contribution in [3.05, 3.63) is 72.7 Å². The van der Waals surface area contributed by atoms with Gasteiger partial charge < -0.3 is 19.7 Å². The Balaban J connectivity index is 1.87. The van der Waals surface area contributed by atoms with Crippen LogP contribution in [-0.2, 0) is 9.47 Å². The SMILES string of the molecule is C=C(/C=C\C(=C/C)Nc1cc(N2CCOCC2)cc(-c2ccc(SNC)cc2)n1)OC(F)(F)F. The van der Waals surface area contributed by atoms with Crippen LogP contribution in [0.4, 0.5) is 24.7 Å². The van der Waals surface area contributed by atoms with Gasteiger partial charge in [0.2, 0.25) is 0 Å². The molecule has 2 N–H and O–H groups in total. The van der Waals surface area contributed by atoms with E-state index in [1.165, 1.54) is 18.0 Å². The molecule has 0 amide bonds. The Labute approximate surface area is 201 Å². The highest BCUT2D eigenvalue weighted by Gasteiger charge is 2.30. The quantitative estimate of drug-likeness (QED) is 0.263. The molecule has 0 radical (unpaired) electrons. The molecule has 3 rings (SSSR count). The molecule has 0 atom stereocenters. The van der Waals surface area contributed by atoms with Crippen LogP contribution in [0.3, 0.4) is 0 Å². The molecule has 6 nitrogen and oxygen atoms in total. The van der Waals surface area contributed by atoms with Crippen molar-refractivity contribution in [2.75, 3.05) is 43.6 Å². The molecule has 1 saturated heterocycles. The summed E-state index contributed by atoms with van der Waals surface area (Å²) in [5, 5.41) is 3.18. The standard InChI is InChI=1S/C24H27F3N4O2S/c1-4-19(8-5-17(2)33-24(25,26)27)29-23-16-20(31-11-13-32-14-12-31)15-22(30-23)18-6-9-21(10-7-18)34-28-3/h4-10,15-16,28H,2,11-14H2,1,3H3,(H,29,30)/b8-5-,19-4+. The zero-order chi connectivity index (χ0) is 24.6. The van der Waals surface area contributed by atoms with Gasteiger partial charge in [0.25, 0.3) is 0 Å². The number of rotatable bonds is 9. The molecular weight excluding hydrogens is 465 g/mol. The lowest BCUT2D eigenvalue weighted by atomic mass is 10.1. The first-order chi connectivity index (χ1) is 16.3. The minimum Gasteiger partial charge on any atom is -0.406 e. The molecule has 2 heterocycles. The second-order valence-electron chi connectivity index (χ2n) is 7.24. The molecule has 10 heteroatoms. The predicted molar refractivity (Wildman–Crippen MR) is 130 cm³/mol. The summed E-state index contributed by atoms with van der Waals surface area (Å²) < 4.78 is 49.5. The van der Waals surface area contributed by atoms with Gasteiger partial charge in [-0.2, -0.15) is 0 Å². The summed E-state index contributed by atoms with van der Waals surface area (Å²) in [7, 11) is 1.86. The number of allylic oxidation sites excluding steroid dienone is 3. The van der Waals surface area contributed by atoms with E-state index in [2.05, 4.69) is 26.3 Å². The lowest BCUT2D eigenvalue weighted by Crippen LogP contribution is -2.36. The fourth-order valence-electron chi connectivity index (χ4n) is 3.27. The van der Waals surface area contributed by atoms with Crippen molar-refractivity contribution in [2.45, 2.75) is 18.2 Å². The van der Waals surface area contributed by atoms with E-state index < -0.39 is 12.1 Å². The Morgan fingerprint density at radius 3 is 2.50 bits per heavy atom. The van der Waals surface area contributed by atoms with Gasteiger partial charge in [-0.25, -0.2) is 4.98 Å². The van der Waals surface area contributed by atoms with Gasteiger partial charge in [-0.1, -0.05) is 24.8 Å². The molecule has 0 saturated carbocycles. The molecule has 1 aromatic carbocycles. The van der Waals surface area contributed by atoms with Gasteiger partial charge in [-0.15, -0.1) is 13.2 Å². The monoisotopic (exact) mass is 492 g/mol. The van der Waals surface area contributed by atoms with Crippen molar-refractivity contribution in [1.29, 1.82) is 0 Å². The summed E-state index contributed by atoms with van der Waals surface area (Å²) in [5.74, 6) is 0.0525. The van der Waals surface area contributed by atoms with Crippen LogP contribution in [0, 0.1) is 0 Å². The number of pyridine rings is 1. The largest absolute Gasteiger partial charge is 0.573 e. The van der Waals surface area contributed by atoms with E-state index in [0.29, 0.717) is 24.7 Å². The molecule has 0 aliphatic carbocycles. The summed E-state index contributed by atoms with van der Waals surface area (Å²) in [5.41, 5.74) is 3.25. The zero-order valence-electron chi connectivity index (χ0n) is 19.0. The van der Waals surface area contributed by atoms with Crippen molar-refractivity contribution >= 4 is 23.5 Å². The highest BCUT2D eigenvalue weighted by atomic mass is 32.2. The van der Waals surface area contributed by atoms with Crippen LogP contribution >= 0.6 is 11.9 Å². The highest BCUT2D eigenvalue weighted by Crippen LogP contribution is 2.29. The Morgan fingerprint density at radius 2 is 1.88 bits per heavy atom. The topological polar surface area (TPSA) is 58.7 Å². The average Bonchev–Trinajstić information content (AvgIpc) is 2.81. The number of alkyl halides is 3. The van der Waals surface area contributed by atoms with Crippen LogP contribution in [0.5, 0.6) is 0 Å².